The van der Waals surface area contributed by atoms with Gasteiger partial charge in [-0.25, -0.2) is 0 Å². The van der Waals surface area contributed by atoms with Crippen LogP contribution in [0.25, 0.3) is 0 Å². The summed E-state index contributed by atoms with van der Waals surface area (Å²) in [5.41, 5.74) is 8.87. The summed E-state index contributed by atoms with van der Waals surface area (Å²) >= 11 is 5.46. The largest absolute Gasteiger partial charge is 0.398 e. The van der Waals surface area contributed by atoms with Crippen LogP contribution in [0, 0.1) is 13.8 Å². The number of nitrogens with two attached hydrogens (primary N) is 1. The monoisotopic (exact) mass is 197 g/mol. The van der Waals surface area contributed by atoms with E-state index in [2.05, 4.69) is 0 Å². The molecule has 0 aliphatic heterocycles. The van der Waals surface area contributed by atoms with E-state index in [0.29, 0.717) is 11.3 Å². The second-order valence-corrected chi connectivity index (χ2v) is 3.35. The number of halogens is 1. The highest BCUT2D eigenvalue weighted by Gasteiger charge is 2.09. The average Bonchev–Trinajstić information content (AvgIpc) is 2.10. The minimum atomic E-state index is -0.0779. The third-order valence-corrected chi connectivity index (χ3v) is 2.28. The Morgan fingerprint density at radius 1 is 1.38 bits per heavy atom. The lowest BCUT2D eigenvalue weighted by Gasteiger charge is -2.06. The topological polar surface area (TPSA) is 43.1 Å². The van der Waals surface area contributed by atoms with Crippen LogP contribution in [0.3, 0.4) is 0 Å². The van der Waals surface area contributed by atoms with Crippen molar-refractivity contribution >= 4 is 23.1 Å². The standard InChI is InChI=1S/C10H12ClNO/c1-6-3-7(2)9(12)4-8(6)10(13)5-11/h3-4H,5,12H2,1-2H3. The van der Waals surface area contributed by atoms with Gasteiger partial charge in [-0.1, -0.05) is 6.07 Å². The Labute approximate surface area is 82.7 Å². The zero-order valence-electron chi connectivity index (χ0n) is 7.73. The van der Waals surface area contributed by atoms with Gasteiger partial charge in [0, 0.05) is 11.3 Å². The summed E-state index contributed by atoms with van der Waals surface area (Å²) < 4.78 is 0. The number of nitrogen functional groups attached to an aromatic ring is 1. The third-order valence-electron chi connectivity index (χ3n) is 2.03. The maximum Gasteiger partial charge on any atom is 0.177 e. The smallest absolute Gasteiger partial charge is 0.177 e. The molecule has 1 aromatic carbocycles. The molecule has 0 amide bonds. The number of rotatable bonds is 2. The molecule has 0 unspecified atom stereocenters. The molecule has 0 bridgehead atoms. The van der Waals surface area contributed by atoms with Crippen LogP contribution in [0.2, 0.25) is 0 Å². The van der Waals surface area contributed by atoms with Crippen molar-refractivity contribution in [3.05, 3.63) is 28.8 Å². The number of hydrogen-bond acceptors (Lipinski definition) is 2. The molecule has 0 fully saturated rings. The summed E-state index contributed by atoms with van der Waals surface area (Å²) in [6.45, 7) is 3.80. The molecule has 0 radical (unpaired) electrons. The maximum absolute atomic E-state index is 11.3. The van der Waals surface area contributed by atoms with Crippen LogP contribution in [0.15, 0.2) is 12.1 Å². The number of aryl methyl sites for hydroxylation is 2. The molecule has 0 aliphatic carbocycles. The number of carbonyl (C=O) groups excluding carboxylic acids is 1. The van der Waals surface area contributed by atoms with E-state index in [4.69, 9.17) is 17.3 Å². The molecule has 2 N–H and O–H groups in total. The number of alkyl halides is 1. The minimum absolute atomic E-state index is 0.00331. The van der Waals surface area contributed by atoms with Crippen LogP contribution >= 0.6 is 11.6 Å². The lowest BCUT2D eigenvalue weighted by molar-refractivity contribution is 0.102. The van der Waals surface area contributed by atoms with Crippen molar-refractivity contribution in [2.24, 2.45) is 0 Å². The first-order chi connectivity index (χ1) is 6.06. The lowest BCUT2D eigenvalue weighted by atomic mass is 10.0. The molecule has 0 aliphatic rings. The van der Waals surface area contributed by atoms with Gasteiger partial charge in [-0.15, -0.1) is 11.6 Å². The van der Waals surface area contributed by atoms with Crippen molar-refractivity contribution in [2.75, 3.05) is 11.6 Å². The molecule has 70 valence electrons. The van der Waals surface area contributed by atoms with E-state index in [-0.39, 0.29) is 11.7 Å². The molecule has 0 saturated heterocycles. The van der Waals surface area contributed by atoms with Gasteiger partial charge in [-0.3, -0.25) is 4.79 Å². The predicted octanol–water partition coefficient (Wildman–Crippen LogP) is 2.31. The van der Waals surface area contributed by atoms with Crippen molar-refractivity contribution in [1.29, 1.82) is 0 Å². The summed E-state index contributed by atoms with van der Waals surface area (Å²) in [7, 11) is 0. The van der Waals surface area contributed by atoms with Crippen molar-refractivity contribution < 1.29 is 4.79 Å². The molecular weight excluding hydrogens is 186 g/mol. The highest BCUT2D eigenvalue weighted by Crippen LogP contribution is 2.18. The van der Waals surface area contributed by atoms with Crippen LogP contribution in [0.5, 0.6) is 0 Å². The van der Waals surface area contributed by atoms with Gasteiger partial charge in [0.25, 0.3) is 0 Å². The maximum atomic E-state index is 11.3. The number of benzene rings is 1. The Bertz CT molecular complexity index is 347. The van der Waals surface area contributed by atoms with Gasteiger partial charge in [0.05, 0.1) is 5.88 Å². The van der Waals surface area contributed by atoms with Gasteiger partial charge in [-0.2, -0.15) is 0 Å². The lowest BCUT2D eigenvalue weighted by Crippen LogP contribution is -2.05. The molecule has 0 aromatic heterocycles. The Kier molecular flexibility index (Phi) is 2.94. The number of hydrogen-bond donors (Lipinski definition) is 1. The van der Waals surface area contributed by atoms with Gasteiger partial charge in [-0.05, 0) is 31.0 Å². The SMILES string of the molecule is Cc1cc(C)c(C(=O)CCl)cc1N. The molecule has 0 heterocycles. The molecule has 2 nitrogen and oxygen atoms in total. The van der Waals surface area contributed by atoms with Gasteiger partial charge in [0.15, 0.2) is 5.78 Å². The van der Waals surface area contributed by atoms with Gasteiger partial charge < -0.3 is 5.73 Å². The second kappa shape index (κ2) is 3.79. The first-order valence-electron chi connectivity index (χ1n) is 4.02. The fourth-order valence-electron chi connectivity index (χ4n) is 1.24. The molecule has 0 saturated carbocycles. The van der Waals surface area contributed by atoms with Crippen molar-refractivity contribution in [1.82, 2.24) is 0 Å². The summed E-state index contributed by atoms with van der Waals surface area (Å²) in [5, 5.41) is 0. The van der Waals surface area contributed by atoms with Crippen LogP contribution < -0.4 is 5.73 Å². The molecule has 0 spiro atoms. The van der Waals surface area contributed by atoms with E-state index < -0.39 is 0 Å². The number of ketones is 1. The molecule has 3 heteroatoms. The van der Waals surface area contributed by atoms with Gasteiger partial charge in [0.2, 0.25) is 0 Å². The average molecular weight is 198 g/mol. The molecule has 1 aromatic rings. The number of Topliss-reactive ketones (excluding diaryl/α,β-unsaturated/α-hetero) is 1. The van der Waals surface area contributed by atoms with E-state index in [1.807, 2.05) is 19.9 Å². The number of carbonyl (C=O) groups is 1. The highest BCUT2D eigenvalue weighted by molar-refractivity contribution is 6.30. The Morgan fingerprint density at radius 2 is 2.00 bits per heavy atom. The highest BCUT2D eigenvalue weighted by atomic mass is 35.5. The van der Waals surface area contributed by atoms with Crippen LogP contribution in [0.4, 0.5) is 5.69 Å². The molecule has 1 rings (SSSR count). The predicted molar refractivity (Wildman–Crippen MR) is 55.4 cm³/mol. The normalized spacial score (nSPS) is 10.1. The first-order valence-corrected chi connectivity index (χ1v) is 4.55. The second-order valence-electron chi connectivity index (χ2n) is 3.08. The summed E-state index contributed by atoms with van der Waals surface area (Å²) in [5.74, 6) is -0.0746. The Balaban J connectivity index is 3.23. The summed E-state index contributed by atoms with van der Waals surface area (Å²) in [6, 6.07) is 3.59. The molecule has 13 heavy (non-hydrogen) atoms. The summed E-state index contributed by atoms with van der Waals surface area (Å²) in [6.07, 6.45) is 0. The van der Waals surface area contributed by atoms with Crippen LogP contribution in [-0.2, 0) is 0 Å². The Morgan fingerprint density at radius 3 is 2.54 bits per heavy atom. The molecule has 0 atom stereocenters. The number of anilines is 1. The zero-order valence-corrected chi connectivity index (χ0v) is 8.48. The van der Waals surface area contributed by atoms with Crippen molar-refractivity contribution in [2.45, 2.75) is 13.8 Å². The van der Waals surface area contributed by atoms with Crippen LogP contribution in [-0.4, -0.2) is 11.7 Å². The first kappa shape index (κ1) is 10.1. The minimum Gasteiger partial charge on any atom is -0.398 e. The molecular formula is C10H12ClNO. The van der Waals surface area contributed by atoms with E-state index >= 15 is 0 Å². The van der Waals surface area contributed by atoms with E-state index in [0.717, 1.165) is 11.1 Å². The van der Waals surface area contributed by atoms with Crippen LogP contribution in [0.1, 0.15) is 21.5 Å². The van der Waals surface area contributed by atoms with Gasteiger partial charge >= 0.3 is 0 Å². The fraction of sp³-hybridized carbons (Fsp3) is 0.300. The van der Waals surface area contributed by atoms with E-state index in [9.17, 15) is 4.79 Å². The van der Waals surface area contributed by atoms with Crippen molar-refractivity contribution in [3.63, 3.8) is 0 Å². The zero-order chi connectivity index (χ0) is 10.0. The van der Waals surface area contributed by atoms with E-state index in [1.54, 1.807) is 6.07 Å². The fourth-order valence-corrected chi connectivity index (χ4v) is 1.39. The van der Waals surface area contributed by atoms with Crippen molar-refractivity contribution in [3.8, 4) is 0 Å². The Hall–Kier alpha value is -1.02. The van der Waals surface area contributed by atoms with Gasteiger partial charge in [0.1, 0.15) is 0 Å². The summed E-state index contributed by atoms with van der Waals surface area (Å²) in [4.78, 5) is 11.3. The van der Waals surface area contributed by atoms with E-state index in [1.165, 1.54) is 0 Å². The quantitative estimate of drug-likeness (QED) is 0.449. The third kappa shape index (κ3) is 2.01.